The molecule has 1 aromatic heterocycles. The standard InChI is InChI=1S/C12H9FN4O/c13-10-3-1-2-9(6-10)7-16-17-12(18)11-8-14-4-5-15-11/h1-8H,(H,17,18)/b16-7+. The molecule has 1 aromatic carbocycles. The average molecular weight is 244 g/mol. The minimum Gasteiger partial charge on any atom is -0.265 e. The Bertz CT molecular complexity index is 571. The number of hydrazone groups is 1. The maximum absolute atomic E-state index is 12.9. The highest BCUT2D eigenvalue weighted by molar-refractivity contribution is 5.92. The summed E-state index contributed by atoms with van der Waals surface area (Å²) >= 11 is 0. The molecule has 0 saturated heterocycles. The van der Waals surface area contributed by atoms with Gasteiger partial charge in [-0.2, -0.15) is 5.10 Å². The molecule has 6 heteroatoms. The van der Waals surface area contributed by atoms with Gasteiger partial charge in [-0.3, -0.25) is 9.78 Å². The van der Waals surface area contributed by atoms with Crippen LogP contribution in [0, 0.1) is 5.82 Å². The van der Waals surface area contributed by atoms with Crippen LogP contribution in [0.1, 0.15) is 16.1 Å². The van der Waals surface area contributed by atoms with Crippen molar-refractivity contribution in [3.05, 3.63) is 59.9 Å². The van der Waals surface area contributed by atoms with Crippen LogP contribution in [-0.4, -0.2) is 22.1 Å². The summed E-state index contributed by atoms with van der Waals surface area (Å²) in [5.74, 6) is -0.838. The lowest BCUT2D eigenvalue weighted by Crippen LogP contribution is -2.19. The van der Waals surface area contributed by atoms with Crippen molar-refractivity contribution in [3.8, 4) is 0 Å². The summed E-state index contributed by atoms with van der Waals surface area (Å²) in [7, 11) is 0. The first-order valence-corrected chi connectivity index (χ1v) is 5.11. The number of hydrogen-bond acceptors (Lipinski definition) is 4. The Morgan fingerprint density at radius 2 is 2.28 bits per heavy atom. The summed E-state index contributed by atoms with van der Waals surface area (Å²) in [6.07, 6.45) is 5.54. The predicted octanol–water partition coefficient (Wildman–Crippen LogP) is 1.38. The number of amides is 1. The summed E-state index contributed by atoms with van der Waals surface area (Å²) < 4.78 is 12.9. The van der Waals surface area contributed by atoms with Crippen LogP contribution in [0.3, 0.4) is 0 Å². The van der Waals surface area contributed by atoms with Gasteiger partial charge in [0.2, 0.25) is 0 Å². The Labute approximate surface area is 102 Å². The van der Waals surface area contributed by atoms with E-state index in [9.17, 15) is 9.18 Å². The van der Waals surface area contributed by atoms with E-state index in [2.05, 4.69) is 20.5 Å². The first-order chi connectivity index (χ1) is 8.75. The van der Waals surface area contributed by atoms with Crippen molar-refractivity contribution in [3.63, 3.8) is 0 Å². The summed E-state index contributed by atoms with van der Waals surface area (Å²) in [6.45, 7) is 0. The molecule has 0 fully saturated rings. The summed E-state index contributed by atoms with van der Waals surface area (Å²) in [5.41, 5.74) is 2.98. The van der Waals surface area contributed by atoms with Gasteiger partial charge in [0, 0.05) is 12.4 Å². The maximum Gasteiger partial charge on any atom is 0.291 e. The normalized spacial score (nSPS) is 10.5. The van der Waals surface area contributed by atoms with E-state index in [0.717, 1.165) is 0 Å². The van der Waals surface area contributed by atoms with Crippen LogP contribution in [0.4, 0.5) is 4.39 Å². The topological polar surface area (TPSA) is 67.2 Å². The second-order valence-corrected chi connectivity index (χ2v) is 3.34. The Kier molecular flexibility index (Phi) is 3.70. The minimum absolute atomic E-state index is 0.161. The monoisotopic (exact) mass is 244 g/mol. The van der Waals surface area contributed by atoms with E-state index in [1.165, 1.54) is 36.9 Å². The largest absolute Gasteiger partial charge is 0.291 e. The molecule has 1 N–H and O–H groups in total. The number of nitrogens with zero attached hydrogens (tertiary/aromatic N) is 3. The number of carbonyl (C=O) groups is 1. The number of carbonyl (C=O) groups excluding carboxylic acids is 1. The second kappa shape index (κ2) is 5.62. The minimum atomic E-state index is -0.476. The molecule has 0 unspecified atom stereocenters. The van der Waals surface area contributed by atoms with Gasteiger partial charge in [-0.1, -0.05) is 12.1 Å². The van der Waals surface area contributed by atoms with Crippen molar-refractivity contribution >= 4 is 12.1 Å². The van der Waals surface area contributed by atoms with Gasteiger partial charge in [-0.15, -0.1) is 0 Å². The Morgan fingerprint density at radius 3 is 3.00 bits per heavy atom. The Balaban J connectivity index is 1.98. The van der Waals surface area contributed by atoms with Crippen LogP contribution in [0.2, 0.25) is 0 Å². The number of rotatable bonds is 3. The molecule has 0 bridgehead atoms. The number of aromatic nitrogens is 2. The van der Waals surface area contributed by atoms with E-state index in [-0.39, 0.29) is 11.5 Å². The number of halogens is 1. The van der Waals surface area contributed by atoms with Gasteiger partial charge in [0.15, 0.2) is 0 Å². The quantitative estimate of drug-likeness (QED) is 0.655. The molecule has 0 aliphatic heterocycles. The van der Waals surface area contributed by atoms with Crippen molar-refractivity contribution in [1.82, 2.24) is 15.4 Å². The molecule has 1 amide bonds. The van der Waals surface area contributed by atoms with Crippen LogP contribution in [-0.2, 0) is 0 Å². The predicted molar refractivity (Wildman–Crippen MR) is 63.5 cm³/mol. The van der Waals surface area contributed by atoms with Gasteiger partial charge in [0.25, 0.3) is 5.91 Å². The summed E-state index contributed by atoms with van der Waals surface area (Å²) in [5, 5.41) is 3.70. The van der Waals surface area contributed by atoms with E-state index in [4.69, 9.17) is 0 Å². The molecule has 0 atom stereocenters. The van der Waals surface area contributed by atoms with Crippen LogP contribution >= 0.6 is 0 Å². The third-order valence-electron chi connectivity index (χ3n) is 2.02. The van der Waals surface area contributed by atoms with E-state index in [0.29, 0.717) is 5.56 Å². The van der Waals surface area contributed by atoms with E-state index < -0.39 is 5.91 Å². The molecule has 90 valence electrons. The van der Waals surface area contributed by atoms with E-state index >= 15 is 0 Å². The Hall–Kier alpha value is -2.63. The summed E-state index contributed by atoms with van der Waals surface area (Å²) in [6, 6.07) is 5.86. The molecule has 2 rings (SSSR count). The smallest absolute Gasteiger partial charge is 0.265 e. The van der Waals surface area contributed by atoms with E-state index in [1.807, 2.05) is 0 Å². The van der Waals surface area contributed by atoms with Crippen molar-refractivity contribution in [2.45, 2.75) is 0 Å². The zero-order valence-electron chi connectivity index (χ0n) is 9.25. The SMILES string of the molecule is O=C(N/N=C/c1cccc(F)c1)c1cnccn1. The van der Waals surface area contributed by atoms with Crippen LogP contribution in [0.15, 0.2) is 48.0 Å². The molecule has 0 radical (unpaired) electrons. The van der Waals surface area contributed by atoms with E-state index in [1.54, 1.807) is 12.1 Å². The molecule has 0 aliphatic carbocycles. The van der Waals surface area contributed by atoms with Gasteiger partial charge in [-0.05, 0) is 17.7 Å². The molecule has 0 saturated carbocycles. The second-order valence-electron chi connectivity index (χ2n) is 3.34. The zero-order valence-corrected chi connectivity index (χ0v) is 9.25. The molecule has 0 aliphatic rings. The number of hydrogen-bond donors (Lipinski definition) is 1. The van der Waals surface area contributed by atoms with Gasteiger partial charge in [0.1, 0.15) is 11.5 Å². The van der Waals surface area contributed by atoms with Gasteiger partial charge < -0.3 is 0 Å². The molecular weight excluding hydrogens is 235 g/mol. The molecule has 18 heavy (non-hydrogen) atoms. The average Bonchev–Trinajstić information content (AvgIpc) is 2.40. The first-order valence-electron chi connectivity index (χ1n) is 5.11. The first kappa shape index (κ1) is 11.8. The lowest BCUT2D eigenvalue weighted by Gasteiger charge is -1.97. The molecule has 5 nitrogen and oxygen atoms in total. The van der Waals surface area contributed by atoms with Crippen molar-refractivity contribution in [2.24, 2.45) is 5.10 Å². The fourth-order valence-corrected chi connectivity index (χ4v) is 1.23. The molecule has 2 aromatic rings. The third-order valence-corrected chi connectivity index (χ3v) is 2.02. The number of benzene rings is 1. The fraction of sp³-hybridized carbons (Fsp3) is 0. The van der Waals surface area contributed by atoms with Crippen molar-refractivity contribution in [1.29, 1.82) is 0 Å². The molecule has 0 spiro atoms. The maximum atomic E-state index is 12.9. The Morgan fingerprint density at radius 1 is 1.39 bits per heavy atom. The lowest BCUT2D eigenvalue weighted by molar-refractivity contribution is 0.0950. The van der Waals surface area contributed by atoms with Gasteiger partial charge in [-0.25, -0.2) is 14.8 Å². The number of nitrogens with one attached hydrogen (secondary N) is 1. The molecular formula is C12H9FN4O. The van der Waals surface area contributed by atoms with Crippen molar-refractivity contribution in [2.75, 3.05) is 0 Å². The highest BCUT2D eigenvalue weighted by atomic mass is 19.1. The highest BCUT2D eigenvalue weighted by Gasteiger charge is 2.04. The molecule has 1 heterocycles. The summed E-state index contributed by atoms with van der Waals surface area (Å²) in [4.78, 5) is 19.1. The van der Waals surface area contributed by atoms with Crippen LogP contribution < -0.4 is 5.43 Å². The lowest BCUT2D eigenvalue weighted by atomic mass is 10.2. The highest BCUT2D eigenvalue weighted by Crippen LogP contribution is 2.00. The fourth-order valence-electron chi connectivity index (χ4n) is 1.23. The zero-order chi connectivity index (χ0) is 12.8. The van der Waals surface area contributed by atoms with Crippen molar-refractivity contribution < 1.29 is 9.18 Å². The van der Waals surface area contributed by atoms with Gasteiger partial charge in [0.05, 0.1) is 12.4 Å². The van der Waals surface area contributed by atoms with Gasteiger partial charge >= 0.3 is 0 Å². The van der Waals surface area contributed by atoms with Crippen LogP contribution in [0.5, 0.6) is 0 Å². The third kappa shape index (κ3) is 3.18. The van der Waals surface area contributed by atoms with Crippen LogP contribution in [0.25, 0.3) is 0 Å².